The number of nitrogens with one attached hydrogen (secondary N) is 1. The molecule has 1 N–H and O–H groups in total. The number of aryl methyl sites for hydroxylation is 1. The summed E-state index contributed by atoms with van der Waals surface area (Å²) in [4.78, 5) is 17.0. The van der Waals surface area contributed by atoms with Crippen LogP contribution in [-0.4, -0.2) is 30.9 Å². The Morgan fingerprint density at radius 3 is 2.60 bits per heavy atom. The number of hydrogen-bond acceptors (Lipinski definition) is 5. The summed E-state index contributed by atoms with van der Waals surface area (Å²) < 4.78 is 1.96. The Balaban J connectivity index is 1.81. The number of aromatic nitrogens is 4. The number of carbonyl (C=O) groups is 1. The molecule has 6 nitrogen and oxygen atoms in total. The van der Waals surface area contributed by atoms with E-state index in [1.165, 1.54) is 11.8 Å². The predicted octanol–water partition coefficient (Wildman–Crippen LogP) is 5.08. The zero-order valence-corrected chi connectivity index (χ0v) is 18.6. The average Bonchev–Trinajstić information content (AvgIpc) is 3.12. The minimum Gasteiger partial charge on any atom is -0.325 e. The van der Waals surface area contributed by atoms with Crippen molar-refractivity contribution < 1.29 is 4.79 Å². The lowest BCUT2D eigenvalue weighted by Gasteiger charge is -2.18. The monoisotopic (exact) mass is 421 g/mol. The lowest BCUT2D eigenvalue weighted by atomic mass is 9.98. The van der Waals surface area contributed by atoms with E-state index >= 15 is 0 Å². The number of amides is 1. The Bertz CT molecular complexity index is 1030. The SMILES string of the molecule is C=CCn1c(SC(C)C(=O)Nc2c(C)cccc2C(C)C)nnc1-c1ccncc1. The highest BCUT2D eigenvalue weighted by Crippen LogP contribution is 2.30. The van der Waals surface area contributed by atoms with Crippen molar-refractivity contribution in [3.63, 3.8) is 0 Å². The Morgan fingerprint density at radius 1 is 1.20 bits per heavy atom. The number of pyridine rings is 1. The molecule has 156 valence electrons. The van der Waals surface area contributed by atoms with Crippen LogP contribution in [-0.2, 0) is 11.3 Å². The maximum Gasteiger partial charge on any atom is 0.237 e. The van der Waals surface area contributed by atoms with Crippen LogP contribution in [0.3, 0.4) is 0 Å². The molecule has 0 saturated heterocycles. The highest BCUT2D eigenvalue weighted by molar-refractivity contribution is 8.00. The Morgan fingerprint density at radius 2 is 1.93 bits per heavy atom. The van der Waals surface area contributed by atoms with Crippen LogP contribution in [0.25, 0.3) is 11.4 Å². The summed E-state index contributed by atoms with van der Waals surface area (Å²) in [5.74, 6) is 0.991. The molecule has 7 heteroatoms. The van der Waals surface area contributed by atoms with Gasteiger partial charge in [-0.2, -0.15) is 0 Å². The number of nitrogens with zero attached hydrogens (tertiary/aromatic N) is 4. The van der Waals surface area contributed by atoms with Gasteiger partial charge in [0, 0.05) is 30.2 Å². The van der Waals surface area contributed by atoms with Crippen molar-refractivity contribution >= 4 is 23.4 Å². The summed E-state index contributed by atoms with van der Waals surface area (Å²) in [6, 6.07) is 9.88. The first-order valence-corrected chi connectivity index (χ1v) is 10.8. The van der Waals surface area contributed by atoms with Gasteiger partial charge in [-0.25, -0.2) is 0 Å². The van der Waals surface area contributed by atoms with Crippen molar-refractivity contribution in [2.24, 2.45) is 0 Å². The van der Waals surface area contributed by atoms with Gasteiger partial charge in [-0.15, -0.1) is 16.8 Å². The molecule has 2 aromatic heterocycles. The van der Waals surface area contributed by atoms with Crippen molar-refractivity contribution in [2.75, 3.05) is 5.32 Å². The molecule has 3 rings (SSSR count). The zero-order valence-electron chi connectivity index (χ0n) is 17.8. The summed E-state index contributed by atoms with van der Waals surface area (Å²) in [5.41, 5.74) is 4.01. The van der Waals surface area contributed by atoms with Crippen LogP contribution in [0.4, 0.5) is 5.69 Å². The second-order valence-corrected chi connectivity index (χ2v) is 8.69. The molecular weight excluding hydrogens is 394 g/mol. The third kappa shape index (κ3) is 4.79. The minimum atomic E-state index is -0.345. The van der Waals surface area contributed by atoms with Gasteiger partial charge in [-0.1, -0.05) is 49.9 Å². The molecule has 0 fully saturated rings. The summed E-state index contributed by atoms with van der Waals surface area (Å²) >= 11 is 1.39. The minimum absolute atomic E-state index is 0.0604. The van der Waals surface area contributed by atoms with E-state index in [1.807, 2.05) is 42.7 Å². The van der Waals surface area contributed by atoms with Crippen LogP contribution in [0.15, 0.2) is 60.5 Å². The molecule has 0 aliphatic rings. The standard InChI is InChI=1S/C23H27N5OS/c1-6-14-28-21(18-10-12-24-13-11-18)26-27-23(28)30-17(5)22(29)25-20-16(4)8-7-9-19(20)15(2)3/h6-13,15,17H,1,14H2,2-5H3,(H,25,29). The summed E-state index contributed by atoms with van der Waals surface area (Å²) in [7, 11) is 0. The van der Waals surface area contributed by atoms with Crippen LogP contribution >= 0.6 is 11.8 Å². The van der Waals surface area contributed by atoms with Gasteiger partial charge in [0.05, 0.1) is 5.25 Å². The van der Waals surface area contributed by atoms with E-state index in [1.54, 1.807) is 18.5 Å². The molecule has 0 aliphatic carbocycles. The number of rotatable bonds is 8. The Labute approximate surface area is 181 Å². The summed E-state index contributed by atoms with van der Waals surface area (Å²) in [6.07, 6.45) is 5.24. The predicted molar refractivity (Wildman–Crippen MR) is 123 cm³/mol. The van der Waals surface area contributed by atoms with Gasteiger partial charge in [0.2, 0.25) is 5.91 Å². The largest absolute Gasteiger partial charge is 0.325 e. The van der Waals surface area contributed by atoms with Gasteiger partial charge in [0.25, 0.3) is 0 Å². The number of para-hydroxylation sites is 1. The van der Waals surface area contributed by atoms with Gasteiger partial charge in [0.15, 0.2) is 11.0 Å². The number of hydrogen-bond donors (Lipinski definition) is 1. The van der Waals surface area contributed by atoms with E-state index in [9.17, 15) is 4.79 Å². The number of allylic oxidation sites excluding steroid dienone is 1. The molecule has 1 atom stereocenters. The summed E-state index contributed by atoms with van der Waals surface area (Å²) in [6.45, 7) is 12.5. The van der Waals surface area contributed by atoms with Crippen LogP contribution in [0.5, 0.6) is 0 Å². The van der Waals surface area contributed by atoms with E-state index in [0.717, 1.165) is 28.2 Å². The molecule has 3 aromatic rings. The molecule has 0 bridgehead atoms. The van der Waals surface area contributed by atoms with Gasteiger partial charge in [0.1, 0.15) is 0 Å². The van der Waals surface area contributed by atoms with Crippen molar-refractivity contribution in [1.29, 1.82) is 0 Å². The fourth-order valence-corrected chi connectivity index (χ4v) is 4.02. The number of thioether (sulfide) groups is 1. The van der Waals surface area contributed by atoms with Crippen molar-refractivity contribution in [1.82, 2.24) is 19.7 Å². The topological polar surface area (TPSA) is 72.7 Å². The van der Waals surface area contributed by atoms with Gasteiger partial charge < -0.3 is 5.32 Å². The van der Waals surface area contributed by atoms with E-state index in [4.69, 9.17) is 0 Å². The lowest BCUT2D eigenvalue weighted by Crippen LogP contribution is -2.24. The fourth-order valence-electron chi connectivity index (χ4n) is 3.16. The molecular formula is C23H27N5OS. The van der Waals surface area contributed by atoms with Crippen molar-refractivity contribution in [3.05, 3.63) is 66.5 Å². The average molecular weight is 422 g/mol. The normalized spacial score (nSPS) is 12.0. The molecule has 1 amide bonds. The second kappa shape index (κ2) is 9.71. The van der Waals surface area contributed by atoms with Crippen LogP contribution in [0, 0.1) is 6.92 Å². The Kier molecular flexibility index (Phi) is 7.05. The maximum atomic E-state index is 13.0. The van der Waals surface area contributed by atoms with E-state index in [0.29, 0.717) is 17.6 Å². The second-order valence-electron chi connectivity index (χ2n) is 7.38. The van der Waals surface area contributed by atoms with Crippen LogP contribution in [0.2, 0.25) is 0 Å². The highest BCUT2D eigenvalue weighted by Gasteiger charge is 2.22. The lowest BCUT2D eigenvalue weighted by molar-refractivity contribution is -0.115. The quantitative estimate of drug-likeness (QED) is 0.406. The first kappa shape index (κ1) is 21.8. The molecule has 1 unspecified atom stereocenters. The number of anilines is 1. The van der Waals surface area contributed by atoms with Gasteiger partial charge >= 0.3 is 0 Å². The number of carbonyl (C=O) groups excluding carboxylic acids is 1. The van der Waals surface area contributed by atoms with E-state index in [2.05, 4.69) is 47.0 Å². The molecule has 0 spiro atoms. The number of benzene rings is 1. The van der Waals surface area contributed by atoms with Crippen molar-refractivity contribution in [3.8, 4) is 11.4 Å². The molecule has 1 aromatic carbocycles. The first-order chi connectivity index (χ1) is 14.4. The molecule has 0 saturated carbocycles. The van der Waals surface area contributed by atoms with Crippen molar-refractivity contribution in [2.45, 2.75) is 50.6 Å². The third-order valence-electron chi connectivity index (χ3n) is 4.79. The fraction of sp³-hybridized carbons (Fsp3) is 0.304. The third-order valence-corrected chi connectivity index (χ3v) is 5.87. The molecule has 0 radical (unpaired) electrons. The zero-order chi connectivity index (χ0) is 21.7. The van der Waals surface area contributed by atoms with Crippen LogP contribution in [0.1, 0.15) is 37.8 Å². The molecule has 30 heavy (non-hydrogen) atoms. The van der Waals surface area contributed by atoms with Crippen LogP contribution < -0.4 is 5.32 Å². The van der Waals surface area contributed by atoms with Gasteiger partial charge in [-0.05, 0) is 43.0 Å². The Hall–Kier alpha value is -2.93. The maximum absolute atomic E-state index is 13.0. The first-order valence-electron chi connectivity index (χ1n) is 9.93. The molecule has 2 heterocycles. The van der Waals surface area contributed by atoms with E-state index < -0.39 is 0 Å². The smallest absolute Gasteiger partial charge is 0.237 e. The van der Waals surface area contributed by atoms with E-state index in [-0.39, 0.29) is 11.2 Å². The molecule has 0 aliphatic heterocycles. The van der Waals surface area contributed by atoms with Gasteiger partial charge in [-0.3, -0.25) is 14.3 Å². The summed E-state index contributed by atoms with van der Waals surface area (Å²) in [5, 5.41) is 12.1. The highest BCUT2D eigenvalue weighted by atomic mass is 32.2.